The maximum Gasteiger partial charge on any atom is 0.253 e. The highest BCUT2D eigenvalue weighted by atomic mass is 32.2. The van der Waals surface area contributed by atoms with Crippen LogP contribution in [0, 0.1) is 0 Å². The van der Waals surface area contributed by atoms with Gasteiger partial charge in [0.2, 0.25) is 5.16 Å². The van der Waals surface area contributed by atoms with Crippen LogP contribution in [0.2, 0.25) is 0 Å². The average Bonchev–Trinajstić information content (AvgIpc) is 3.22. The van der Waals surface area contributed by atoms with Gasteiger partial charge in [0.1, 0.15) is 0 Å². The number of hydrogen-bond acceptors (Lipinski definition) is 6. The summed E-state index contributed by atoms with van der Waals surface area (Å²) >= 11 is 1.56. The number of oxazole rings is 1. The van der Waals surface area contributed by atoms with Gasteiger partial charge in [-0.15, -0.1) is 5.10 Å². The molecule has 23 heavy (non-hydrogen) atoms. The predicted octanol–water partition coefficient (Wildman–Crippen LogP) is 3.11. The van der Waals surface area contributed by atoms with Crippen molar-refractivity contribution in [3.8, 4) is 11.3 Å². The first-order chi connectivity index (χ1) is 11.4. The zero-order valence-corrected chi connectivity index (χ0v) is 13.0. The summed E-state index contributed by atoms with van der Waals surface area (Å²) in [6, 6.07) is 11.8. The van der Waals surface area contributed by atoms with Gasteiger partial charge in [-0.2, -0.15) is 4.98 Å². The van der Waals surface area contributed by atoms with Crippen LogP contribution < -0.4 is 0 Å². The molecule has 6 nitrogen and oxygen atoms in total. The molecule has 3 heterocycles. The minimum absolute atomic E-state index is 0.609. The Labute approximate surface area is 136 Å². The molecule has 0 radical (unpaired) electrons. The molecule has 1 aromatic carbocycles. The van der Waals surface area contributed by atoms with Gasteiger partial charge in [0.15, 0.2) is 11.7 Å². The van der Waals surface area contributed by atoms with Crippen LogP contribution in [-0.4, -0.2) is 30.3 Å². The van der Waals surface area contributed by atoms with Crippen LogP contribution in [0.25, 0.3) is 17.1 Å². The number of aromatic nitrogens is 5. The minimum atomic E-state index is 0.609. The molecule has 114 valence electrons. The highest BCUT2D eigenvalue weighted by Gasteiger charge is 2.08. The van der Waals surface area contributed by atoms with Crippen LogP contribution in [-0.2, 0) is 6.42 Å². The monoisotopic (exact) mass is 323 g/mol. The van der Waals surface area contributed by atoms with Crippen molar-refractivity contribution < 1.29 is 4.42 Å². The van der Waals surface area contributed by atoms with Crippen molar-refractivity contribution in [3.05, 3.63) is 60.9 Å². The molecule has 0 atom stereocenters. The van der Waals surface area contributed by atoms with Gasteiger partial charge in [0.05, 0.1) is 6.20 Å². The predicted molar refractivity (Wildman–Crippen MR) is 87.1 cm³/mol. The maximum atomic E-state index is 5.78. The number of rotatable bonds is 5. The van der Waals surface area contributed by atoms with E-state index < -0.39 is 0 Å². The zero-order valence-electron chi connectivity index (χ0n) is 12.2. The molecular weight excluding hydrogens is 310 g/mol. The normalized spacial score (nSPS) is 11.1. The molecule has 3 aromatic heterocycles. The van der Waals surface area contributed by atoms with Gasteiger partial charge in [-0.05, 0) is 6.07 Å². The van der Waals surface area contributed by atoms with Gasteiger partial charge >= 0.3 is 0 Å². The van der Waals surface area contributed by atoms with Crippen LogP contribution in [0.5, 0.6) is 0 Å². The standard InChI is InChI=1S/C16H13N5OS/c1-2-5-12(6-3-1)13-11-18-14(22-13)7-10-23-16-19-15-17-8-4-9-21(15)20-16/h1-6,8-9,11H,7,10H2. The van der Waals surface area contributed by atoms with E-state index in [1.54, 1.807) is 28.7 Å². The molecule has 0 spiro atoms. The van der Waals surface area contributed by atoms with Crippen molar-refractivity contribution in [1.29, 1.82) is 0 Å². The van der Waals surface area contributed by atoms with E-state index in [2.05, 4.69) is 20.1 Å². The molecule has 0 aliphatic heterocycles. The van der Waals surface area contributed by atoms with Crippen molar-refractivity contribution in [2.24, 2.45) is 0 Å². The molecule has 0 aliphatic rings. The lowest BCUT2D eigenvalue weighted by molar-refractivity contribution is 0.515. The molecule has 0 aliphatic carbocycles. The molecule has 0 bridgehead atoms. The van der Waals surface area contributed by atoms with Gasteiger partial charge < -0.3 is 4.42 Å². The second-order valence-electron chi connectivity index (χ2n) is 4.84. The topological polar surface area (TPSA) is 69.1 Å². The van der Waals surface area contributed by atoms with Gasteiger partial charge in [-0.3, -0.25) is 0 Å². The number of hydrogen-bond donors (Lipinski definition) is 0. The number of benzene rings is 1. The first-order valence-corrected chi connectivity index (χ1v) is 8.17. The van der Waals surface area contributed by atoms with E-state index in [-0.39, 0.29) is 0 Å². The Hall–Kier alpha value is -2.67. The molecule has 4 rings (SSSR count). The van der Waals surface area contributed by atoms with E-state index in [9.17, 15) is 0 Å². The second kappa shape index (κ2) is 6.21. The van der Waals surface area contributed by atoms with E-state index >= 15 is 0 Å². The zero-order chi connectivity index (χ0) is 15.5. The summed E-state index contributed by atoms with van der Waals surface area (Å²) in [5.74, 6) is 2.92. The third-order valence-electron chi connectivity index (χ3n) is 3.26. The molecule has 0 unspecified atom stereocenters. The largest absolute Gasteiger partial charge is 0.441 e. The summed E-state index contributed by atoms with van der Waals surface area (Å²) in [6.45, 7) is 0. The molecular formula is C16H13N5OS. The van der Waals surface area contributed by atoms with E-state index in [4.69, 9.17) is 4.42 Å². The quantitative estimate of drug-likeness (QED) is 0.526. The average molecular weight is 323 g/mol. The van der Waals surface area contributed by atoms with Gasteiger partial charge in [0, 0.05) is 30.1 Å². The Bertz CT molecular complexity index is 885. The van der Waals surface area contributed by atoms with Gasteiger partial charge in [0.25, 0.3) is 5.78 Å². The molecule has 7 heteroatoms. The lowest BCUT2D eigenvalue weighted by atomic mass is 10.2. The number of fused-ring (bicyclic) bond motifs is 1. The number of aryl methyl sites for hydroxylation is 1. The number of thioether (sulfide) groups is 1. The highest BCUT2D eigenvalue weighted by Crippen LogP contribution is 2.21. The minimum Gasteiger partial charge on any atom is -0.441 e. The molecule has 0 saturated heterocycles. The fourth-order valence-electron chi connectivity index (χ4n) is 2.17. The first-order valence-electron chi connectivity index (χ1n) is 7.19. The fraction of sp³-hybridized carbons (Fsp3) is 0.125. The van der Waals surface area contributed by atoms with Gasteiger partial charge in [-0.25, -0.2) is 14.5 Å². The van der Waals surface area contributed by atoms with E-state index in [0.717, 1.165) is 29.4 Å². The SMILES string of the molecule is c1ccc(-c2cnc(CCSc3nc4ncccn4n3)o2)cc1. The number of nitrogens with zero attached hydrogens (tertiary/aromatic N) is 5. The molecule has 0 fully saturated rings. The molecule has 0 amide bonds. The third-order valence-corrected chi connectivity index (χ3v) is 4.10. The van der Waals surface area contributed by atoms with Crippen LogP contribution in [0.4, 0.5) is 0 Å². The third kappa shape index (κ3) is 3.09. The van der Waals surface area contributed by atoms with Crippen molar-refractivity contribution >= 4 is 17.5 Å². The van der Waals surface area contributed by atoms with E-state index in [1.165, 1.54) is 0 Å². The van der Waals surface area contributed by atoms with Crippen molar-refractivity contribution in [2.45, 2.75) is 11.6 Å². The summed E-state index contributed by atoms with van der Waals surface area (Å²) in [4.78, 5) is 12.8. The lowest BCUT2D eigenvalue weighted by Gasteiger charge is -1.95. The summed E-state index contributed by atoms with van der Waals surface area (Å²) in [6.07, 6.45) is 6.03. The van der Waals surface area contributed by atoms with Crippen LogP contribution in [0.3, 0.4) is 0 Å². The Morgan fingerprint density at radius 2 is 2.00 bits per heavy atom. The highest BCUT2D eigenvalue weighted by molar-refractivity contribution is 7.99. The molecule has 0 saturated carbocycles. The summed E-state index contributed by atoms with van der Waals surface area (Å²) in [5, 5.41) is 5.06. The molecule has 4 aromatic rings. The molecule has 0 N–H and O–H groups in total. The van der Waals surface area contributed by atoms with Crippen LogP contribution in [0.1, 0.15) is 5.89 Å². The summed E-state index contributed by atoms with van der Waals surface area (Å²) in [7, 11) is 0. The van der Waals surface area contributed by atoms with Crippen molar-refractivity contribution in [3.63, 3.8) is 0 Å². The lowest BCUT2D eigenvalue weighted by Crippen LogP contribution is -1.89. The Balaban J connectivity index is 1.39. The Kier molecular flexibility index (Phi) is 3.77. The first kappa shape index (κ1) is 14.0. The summed E-state index contributed by atoms with van der Waals surface area (Å²) < 4.78 is 7.45. The van der Waals surface area contributed by atoms with Crippen LogP contribution >= 0.6 is 11.8 Å². The summed E-state index contributed by atoms with van der Waals surface area (Å²) in [5.41, 5.74) is 1.03. The van der Waals surface area contributed by atoms with Crippen LogP contribution in [0.15, 0.2) is 64.6 Å². The van der Waals surface area contributed by atoms with Crippen molar-refractivity contribution in [1.82, 2.24) is 24.6 Å². The smallest absolute Gasteiger partial charge is 0.253 e. The maximum absolute atomic E-state index is 5.78. The second-order valence-corrected chi connectivity index (χ2v) is 5.90. The fourth-order valence-corrected chi connectivity index (χ4v) is 2.92. The Morgan fingerprint density at radius 3 is 2.87 bits per heavy atom. The van der Waals surface area contributed by atoms with Gasteiger partial charge in [-0.1, -0.05) is 42.1 Å². The Morgan fingerprint density at radius 1 is 1.09 bits per heavy atom. The van der Waals surface area contributed by atoms with E-state index in [1.807, 2.05) is 42.6 Å². The van der Waals surface area contributed by atoms with E-state index in [0.29, 0.717) is 10.9 Å². The van der Waals surface area contributed by atoms with Crippen molar-refractivity contribution in [2.75, 3.05) is 5.75 Å².